The van der Waals surface area contributed by atoms with Crippen LogP contribution in [-0.2, 0) is 22.6 Å². The number of para-hydroxylation sites is 1. The zero-order chi connectivity index (χ0) is 32.4. The number of fused-ring (bicyclic) bond motifs is 2. The van der Waals surface area contributed by atoms with E-state index in [2.05, 4.69) is 19.9 Å². The lowest BCUT2D eigenvalue weighted by atomic mass is 10.1. The topological polar surface area (TPSA) is 195 Å². The minimum absolute atomic E-state index is 0.0827. The average molecular weight is 618 g/mol. The molecule has 0 aliphatic rings. The summed E-state index contributed by atoms with van der Waals surface area (Å²) < 4.78 is 27.6. The summed E-state index contributed by atoms with van der Waals surface area (Å²) in [4.78, 5) is 45.5. The molecule has 0 unspecified atom stereocenters. The average Bonchev–Trinajstić information content (AvgIpc) is 3.52. The van der Waals surface area contributed by atoms with Gasteiger partial charge >= 0.3 is 11.9 Å². The third kappa shape index (κ3) is 5.96. The third-order valence-electron chi connectivity index (χ3n) is 7.39. The molecular weight excluding hydrogens is 582 g/mol. The van der Waals surface area contributed by atoms with Crippen molar-refractivity contribution in [2.75, 3.05) is 31.8 Å². The Bertz CT molecular complexity index is 1790. The summed E-state index contributed by atoms with van der Waals surface area (Å²) in [7, 11) is 1.60. The molecule has 0 radical (unpaired) electrons. The van der Waals surface area contributed by atoms with Crippen LogP contribution >= 0.6 is 0 Å². The standard InChI is InChI=1S/C31H35N7O7/c1-7-42-30(39)22-16(4)44-28-24(22)26(32)34-20(36-28)13-38(15(3)18-11-9-10-12-19(18)41-6)14-21-35-27(33)25-23(31(40)43-8-2)17(5)45-29(25)37-21/h9-12,15H,7-8,13-14H2,1-6H3,(H2,32,34,36)(H2,33,35,37)/t15-/m1/s1. The minimum Gasteiger partial charge on any atom is -0.496 e. The zero-order valence-corrected chi connectivity index (χ0v) is 26.0. The van der Waals surface area contributed by atoms with E-state index >= 15 is 0 Å². The number of furan rings is 2. The number of nitrogens with two attached hydrogens (primary N) is 2. The number of rotatable bonds is 11. The normalized spacial score (nSPS) is 12.2. The number of aromatic nitrogens is 4. The first-order chi connectivity index (χ1) is 21.6. The Labute approximate surface area is 258 Å². The van der Waals surface area contributed by atoms with Crippen molar-refractivity contribution in [3.63, 3.8) is 0 Å². The molecule has 0 saturated heterocycles. The lowest BCUT2D eigenvalue weighted by molar-refractivity contribution is 0.0516. The highest BCUT2D eigenvalue weighted by molar-refractivity contribution is 6.08. The Morgan fingerprint density at radius 1 is 0.822 bits per heavy atom. The number of ether oxygens (including phenoxy) is 3. The second-order valence-corrected chi connectivity index (χ2v) is 10.2. The predicted octanol–water partition coefficient (Wildman–Crippen LogP) is 4.67. The van der Waals surface area contributed by atoms with Crippen molar-refractivity contribution in [2.24, 2.45) is 0 Å². The largest absolute Gasteiger partial charge is 0.496 e. The maximum atomic E-state index is 12.6. The van der Waals surface area contributed by atoms with Crippen LogP contribution in [-0.4, -0.2) is 57.1 Å². The maximum absolute atomic E-state index is 12.6. The van der Waals surface area contributed by atoms with Gasteiger partial charge in [0.2, 0.25) is 11.4 Å². The van der Waals surface area contributed by atoms with Gasteiger partial charge in [-0.05, 0) is 40.7 Å². The number of nitrogens with zero attached hydrogens (tertiary/aromatic N) is 5. The van der Waals surface area contributed by atoms with Crippen LogP contribution in [0.25, 0.3) is 22.2 Å². The van der Waals surface area contributed by atoms with Gasteiger partial charge in [-0.25, -0.2) is 19.6 Å². The third-order valence-corrected chi connectivity index (χ3v) is 7.39. The number of benzene rings is 1. The molecule has 45 heavy (non-hydrogen) atoms. The second kappa shape index (κ2) is 12.8. The molecule has 4 aromatic heterocycles. The Morgan fingerprint density at radius 2 is 1.29 bits per heavy atom. The number of carbonyl (C=O) groups excluding carboxylic acids is 2. The van der Waals surface area contributed by atoms with Gasteiger partial charge in [-0.3, -0.25) is 4.90 Å². The van der Waals surface area contributed by atoms with E-state index in [4.69, 9.17) is 34.5 Å². The summed E-state index contributed by atoms with van der Waals surface area (Å²) in [6.07, 6.45) is 0. The molecule has 14 heteroatoms. The molecule has 4 heterocycles. The number of hydrogen-bond donors (Lipinski definition) is 2. The SMILES string of the molecule is CCOC(=O)c1c(C)oc2nc(CN(Cc3nc(N)c4c(C(=O)OCC)c(C)oc4n3)[C@H](C)c3ccccc3OC)nc(N)c12. The van der Waals surface area contributed by atoms with E-state index in [0.717, 1.165) is 5.56 Å². The van der Waals surface area contributed by atoms with E-state index in [0.29, 0.717) is 39.7 Å². The van der Waals surface area contributed by atoms with Gasteiger partial charge in [0.05, 0.1) is 44.2 Å². The molecule has 1 atom stereocenters. The van der Waals surface area contributed by atoms with Gasteiger partial charge in [-0.15, -0.1) is 0 Å². The van der Waals surface area contributed by atoms with Crippen molar-refractivity contribution in [1.29, 1.82) is 0 Å². The van der Waals surface area contributed by atoms with E-state index < -0.39 is 11.9 Å². The quantitative estimate of drug-likeness (QED) is 0.194. The maximum Gasteiger partial charge on any atom is 0.342 e. The minimum atomic E-state index is -0.562. The van der Waals surface area contributed by atoms with Crippen LogP contribution in [0.2, 0.25) is 0 Å². The number of nitrogen functional groups attached to an aromatic ring is 2. The monoisotopic (exact) mass is 617 g/mol. The number of hydrogen-bond acceptors (Lipinski definition) is 14. The first kappa shape index (κ1) is 31.2. The summed E-state index contributed by atoms with van der Waals surface area (Å²) in [6.45, 7) is 9.43. The van der Waals surface area contributed by atoms with Crippen LogP contribution in [0.4, 0.5) is 11.6 Å². The molecule has 5 aromatic rings. The number of esters is 2. The van der Waals surface area contributed by atoms with Gasteiger partial charge in [0.15, 0.2) is 0 Å². The molecular formula is C31H35N7O7. The van der Waals surface area contributed by atoms with Crippen LogP contribution in [0.15, 0.2) is 33.1 Å². The summed E-state index contributed by atoms with van der Waals surface area (Å²) in [5.41, 5.74) is 14.3. The molecule has 14 nitrogen and oxygen atoms in total. The summed E-state index contributed by atoms with van der Waals surface area (Å²) in [5.74, 6) is 1.04. The molecule has 0 amide bonds. The van der Waals surface area contributed by atoms with Crippen molar-refractivity contribution >= 4 is 45.8 Å². The van der Waals surface area contributed by atoms with E-state index in [1.165, 1.54) is 0 Å². The van der Waals surface area contributed by atoms with Crippen molar-refractivity contribution < 1.29 is 32.6 Å². The Kier molecular flexibility index (Phi) is 8.86. The number of aryl methyl sites for hydroxylation is 2. The number of methoxy groups -OCH3 is 1. The summed E-state index contributed by atoms with van der Waals surface area (Å²) in [6, 6.07) is 7.35. The van der Waals surface area contributed by atoms with Crippen LogP contribution in [0.3, 0.4) is 0 Å². The van der Waals surface area contributed by atoms with E-state index in [1.807, 2.05) is 36.1 Å². The van der Waals surface area contributed by atoms with Crippen LogP contribution in [0, 0.1) is 13.8 Å². The summed E-state index contributed by atoms with van der Waals surface area (Å²) in [5, 5.41) is 0.595. The molecule has 236 valence electrons. The van der Waals surface area contributed by atoms with Gasteiger partial charge in [-0.2, -0.15) is 9.97 Å². The number of anilines is 2. The Balaban J connectivity index is 1.56. The first-order valence-electron chi connectivity index (χ1n) is 14.4. The fourth-order valence-electron chi connectivity index (χ4n) is 5.31. The lowest BCUT2D eigenvalue weighted by Gasteiger charge is -2.29. The fraction of sp³-hybridized carbons (Fsp3) is 0.355. The smallest absolute Gasteiger partial charge is 0.342 e. The van der Waals surface area contributed by atoms with Gasteiger partial charge in [-0.1, -0.05) is 18.2 Å². The molecule has 1 aromatic carbocycles. The van der Waals surface area contributed by atoms with Gasteiger partial charge < -0.3 is 34.5 Å². The lowest BCUT2D eigenvalue weighted by Crippen LogP contribution is -2.28. The zero-order valence-electron chi connectivity index (χ0n) is 26.0. The molecule has 0 saturated carbocycles. The molecule has 5 rings (SSSR count). The van der Waals surface area contributed by atoms with Gasteiger partial charge in [0, 0.05) is 11.6 Å². The van der Waals surface area contributed by atoms with E-state index in [1.54, 1.807) is 34.8 Å². The highest BCUT2D eigenvalue weighted by Gasteiger charge is 2.28. The molecule has 0 fully saturated rings. The van der Waals surface area contributed by atoms with Crippen molar-refractivity contribution in [1.82, 2.24) is 24.8 Å². The van der Waals surface area contributed by atoms with Crippen molar-refractivity contribution in [3.05, 3.63) is 64.1 Å². The highest BCUT2D eigenvalue weighted by atomic mass is 16.5. The van der Waals surface area contributed by atoms with Gasteiger partial charge in [0.25, 0.3) is 0 Å². The van der Waals surface area contributed by atoms with Gasteiger partial charge in [0.1, 0.15) is 51.7 Å². The predicted molar refractivity (Wildman–Crippen MR) is 164 cm³/mol. The first-order valence-corrected chi connectivity index (χ1v) is 14.4. The van der Waals surface area contributed by atoms with Crippen molar-refractivity contribution in [3.8, 4) is 5.75 Å². The van der Waals surface area contributed by atoms with Crippen LogP contribution in [0.1, 0.15) is 76.3 Å². The van der Waals surface area contributed by atoms with E-state index in [9.17, 15) is 9.59 Å². The number of carbonyl (C=O) groups is 2. The Hall–Kier alpha value is -5.24. The second-order valence-electron chi connectivity index (χ2n) is 10.2. The van der Waals surface area contributed by atoms with Crippen LogP contribution < -0.4 is 16.2 Å². The Morgan fingerprint density at radius 3 is 1.73 bits per heavy atom. The molecule has 0 bridgehead atoms. The molecule has 4 N–H and O–H groups in total. The summed E-state index contributed by atoms with van der Waals surface area (Å²) >= 11 is 0. The fourth-order valence-corrected chi connectivity index (χ4v) is 5.31. The highest BCUT2D eigenvalue weighted by Crippen LogP contribution is 2.34. The molecule has 0 aliphatic carbocycles. The molecule has 0 aliphatic heterocycles. The van der Waals surface area contributed by atoms with Crippen LogP contribution in [0.5, 0.6) is 5.75 Å². The molecule has 0 spiro atoms. The van der Waals surface area contributed by atoms with E-state index in [-0.39, 0.29) is 66.5 Å². The van der Waals surface area contributed by atoms with Crippen molar-refractivity contribution in [2.45, 2.75) is 53.8 Å².